The highest BCUT2D eigenvalue weighted by molar-refractivity contribution is 6.09. The summed E-state index contributed by atoms with van der Waals surface area (Å²) in [5.41, 5.74) is 2.54. The van der Waals surface area contributed by atoms with E-state index >= 15 is 0 Å². The van der Waals surface area contributed by atoms with Crippen molar-refractivity contribution >= 4 is 17.2 Å². The Morgan fingerprint density at radius 2 is 2.12 bits per heavy atom. The van der Waals surface area contributed by atoms with E-state index in [1.807, 2.05) is 13.0 Å². The standard InChI is InChI=1S/C15H14N8O2/c1-8-4-5-23-14(17-8)10(6-16-23)15(24)19-11-7-22(3)20-12(11)13-18-9(2)25-21-13/h4-7H,1-3H3,(H,19,24). The summed E-state index contributed by atoms with van der Waals surface area (Å²) in [6.45, 7) is 3.54. The van der Waals surface area contributed by atoms with Crippen molar-refractivity contribution in [2.45, 2.75) is 13.8 Å². The van der Waals surface area contributed by atoms with Crippen molar-refractivity contribution in [3.63, 3.8) is 0 Å². The number of aromatic nitrogens is 7. The molecule has 0 aliphatic heterocycles. The van der Waals surface area contributed by atoms with Crippen molar-refractivity contribution in [3.05, 3.63) is 41.8 Å². The number of amides is 1. The molecule has 0 atom stereocenters. The van der Waals surface area contributed by atoms with Crippen molar-refractivity contribution in [2.75, 3.05) is 5.32 Å². The van der Waals surface area contributed by atoms with Crippen LogP contribution in [0.1, 0.15) is 21.9 Å². The Labute approximate surface area is 141 Å². The number of anilines is 1. The van der Waals surface area contributed by atoms with Crippen LogP contribution in [0.25, 0.3) is 17.2 Å². The van der Waals surface area contributed by atoms with Gasteiger partial charge in [-0.1, -0.05) is 5.16 Å². The molecule has 10 heteroatoms. The molecule has 0 saturated carbocycles. The van der Waals surface area contributed by atoms with Crippen molar-refractivity contribution in [1.82, 2.24) is 34.5 Å². The van der Waals surface area contributed by atoms with Gasteiger partial charge in [0.1, 0.15) is 5.56 Å². The molecule has 0 saturated heterocycles. The number of nitrogens with one attached hydrogen (secondary N) is 1. The van der Waals surface area contributed by atoms with Gasteiger partial charge in [0.05, 0.1) is 11.9 Å². The molecule has 126 valence electrons. The average Bonchev–Trinajstić information content (AvgIpc) is 3.25. The van der Waals surface area contributed by atoms with Gasteiger partial charge in [0.15, 0.2) is 11.3 Å². The third kappa shape index (κ3) is 2.63. The fourth-order valence-electron chi connectivity index (χ4n) is 2.45. The molecule has 0 radical (unpaired) electrons. The number of rotatable bonds is 3. The molecule has 10 nitrogen and oxygen atoms in total. The third-order valence-electron chi connectivity index (χ3n) is 3.57. The first-order valence-electron chi connectivity index (χ1n) is 7.48. The van der Waals surface area contributed by atoms with Crippen LogP contribution in [0.15, 0.2) is 29.2 Å². The molecule has 0 aliphatic carbocycles. The van der Waals surface area contributed by atoms with E-state index in [0.29, 0.717) is 34.3 Å². The van der Waals surface area contributed by atoms with Gasteiger partial charge in [0.25, 0.3) is 5.91 Å². The predicted molar refractivity (Wildman–Crippen MR) is 86.9 cm³/mol. The van der Waals surface area contributed by atoms with E-state index in [9.17, 15) is 4.79 Å². The first kappa shape index (κ1) is 15.0. The predicted octanol–water partition coefficient (Wildman–Crippen LogP) is 1.38. The lowest BCUT2D eigenvalue weighted by molar-refractivity contribution is 0.102. The van der Waals surface area contributed by atoms with Gasteiger partial charge in [-0.05, 0) is 13.0 Å². The van der Waals surface area contributed by atoms with Gasteiger partial charge in [-0.25, -0.2) is 9.50 Å². The van der Waals surface area contributed by atoms with E-state index in [-0.39, 0.29) is 5.91 Å². The van der Waals surface area contributed by atoms with E-state index < -0.39 is 0 Å². The summed E-state index contributed by atoms with van der Waals surface area (Å²) in [7, 11) is 1.74. The average molecular weight is 338 g/mol. The largest absolute Gasteiger partial charge is 0.339 e. The Balaban J connectivity index is 1.70. The minimum atomic E-state index is -0.345. The quantitative estimate of drug-likeness (QED) is 0.600. The summed E-state index contributed by atoms with van der Waals surface area (Å²) < 4.78 is 8.10. The Bertz CT molecular complexity index is 1090. The maximum atomic E-state index is 12.7. The number of carbonyl (C=O) groups is 1. The molecule has 4 rings (SSSR count). The molecule has 4 aromatic heterocycles. The SMILES string of the molecule is Cc1ccn2ncc(C(=O)Nc3cn(C)nc3-c3noc(C)n3)c2n1. The lowest BCUT2D eigenvalue weighted by Crippen LogP contribution is -2.12. The van der Waals surface area contributed by atoms with E-state index in [0.717, 1.165) is 5.69 Å². The van der Waals surface area contributed by atoms with Gasteiger partial charge in [-0.2, -0.15) is 15.2 Å². The molecule has 1 N–H and O–H groups in total. The molecule has 1 amide bonds. The van der Waals surface area contributed by atoms with Gasteiger partial charge in [-0.15, -0.1) is 0 Å². The third-order valence-corrected chi connectivity index (χ3v) is 3.57. The van der Waals surface area contributed by atoms with Crippen LogP contribution in [-0.2, 0) is 7.05 Å². The van der Waals surface area contributed by atoms with Gasteiger partial charge < -0.3 is 9.84 Å². The lowest BCUT2D eigenvalue weighted by atomic mass is 10.3. The highest BCUT2D eigenvalue weighted by atomic mass is 16.5. The topological polar surface area (TPSA) is 116 Å². The Morgan fingerprint density at radius 1 is 1.28 bits per heavy atom. The lowest BCUT2D eigenvalue weighted by Gasteiger charge is -2.02. The van der Waals surface area contributed by atoms with Crippen LogP contribution < -0.4 is 5.32 Å². The molecule has 0 bridgehead atoms. The molecule has 0 aliphatic rings. The number of hydrogen-bond acceptors (Lipinski definition) is 7. The van der Waals surface area contributed by atoms with Crippen molar-refractivity contribution in [2.24, 2.45) is 7.05 Å². The molecule has 4 heterocycles. The van der Waals surface area contributed by atoms with Crippen LogP contribution in [0.5, 0.6) is 0 Å². The molecule has 0 aromatic carbocycles. The molecule has 4 aromatic rings. The molecule has 0 spiro atoms. The second kappa shape index (κ2) is 5.51. The number of nitrogens with zero attached hydrogens (tertiary/aromatic N) is 7. The van der Waals surface area contributed by atoms with Crippen molar-refractivity contribution < 1.29 is 9.32 Å². The summed E-state index contributed by atoms with van der Waals surface area (Å²) in [5, 5.41) is 15.1. The normalized spacial score (nSPS) is 11.2. The van der Waals surface area contributed by atoms with Crippen LogP contribution in [-0.4, -0.2) is 40.4 Å². The van der Waals surface area contributed by atoms with Gasteiger partial charge in [0.2, 0.25) is 11.7 Å². The molecule has 0 unspecified atom stereocenters. The summed E-state index contributed by atoms with van der Waals surface area (Å²) >= 11 is 0. The Morgan fingerprint density at radius 3 is 2.88 bits per heavy atom. The van der Waals surface area contributed by atoms with E-state index in [2.05, 4.69) is 30.6 Å². The maximum absolute atomic E-state index is 12.7. The smallest absolute Gasteiger partial charge is 0.261 e. The Kier molecular flexibility index (Phi) is 3.31. The summed E-state index contributed by atoms with van der Waals surface area (Å²) in [6.07, 6.45) is 4.90. The van der Waals surface area contributed by atoms with Crippen LogP contribution in [0.3, 0.4) is 0 Å². The number of fused-ring (bicyclic) bond motifs is 1. The fraction of sp³-hybridized carbons (Fsp3) is 0.200. The monoisotopic (exact) mass is 338 g/mol. The van der Waals surface area contributed by atoms with Crippen LogP contribution in [0.2, 0.25) is 0 Å². The Hall–Kier alpha value is -3.56. The van der Waals surface area contributed by atoms with Crippen molar-refractivity contribution in [1.29, 1.82) is 0 Å². The van der Waals surface area contributed by atoms with E-state index in [4.69, 9.17) is 4.52 Å². The molecule has 25 heavy (non-hydrogen) atoms. The van der Waals surface area contributed by atoms with E-state index in [1.165, 1.54) is 6.20 Å². The maximum Gasteiger partial charge on any atom is 0.261 e. The first-order valence-corrected chi connectivity index (χ1v) is 7.48. The zero-order chi connectivity index (χ0) is 17.6. The summed E-state index contributed by atoms with van der Waals surface area (Å²) in [5.74, 6) is 0.380. The highest BCUT2D eigenvalue weighted by Gasteiger charge is 2.20. The highest BCUT2D eigenvalue weighted by Crippen LogP contribution is 2.24. The molecular weight excluding hydrogens is 324 g/mol. The van der Waals surface area contributed by atoms with E-state index in [1.54, 1.807) is 35.6 Å². The fourth-order valence-corrected chi connectivity index (χ4v) is 2.45. The minimum absolute atomic E-state index is 0.308. The molecular formula is C15H14N8O2. The van der Waals surface area contributed by atoms with Gasteiger partial charge >= 0.3 is 0 Å². The van der Waals surface area contributed by atoms with Crippen LogP contribution >= 0.6 is 0 Å². The summed E-state index contributed by atoms with van der Waals surface area (Å²) in [6, 6.07) is 1.82. The van der Waals surface area contributed by atoms with Crippen LogP contribution in [0, 0.1) is 13.8 Å². The van der Waals surface area contributed by atoms with Crippen molar-refractivity contribution in [3.8, 4) is 11.5 Å². The summed E-state index contributed by atoms with van der Waals surface area (Å²) in [4.78, 5) is 21.2. The minimum Gasteiger partial charge on any atom is -0.339 e. The van der Waals surface area contributed by atoms with Gasteiger partial charge in [0, 0.05) is 32.1 Å². The number of hydrogen-bond donors (Lipinski definition) is 1. The first-order chi connectivity index (χ1) is 12.0. The van der Waals surface area contributed by atoms with Gasteiger partial charge in [-0.3, -0.25) is 9.48 Å². The zero-order valence-electron chi connectivity index (χ0n) is 13.8. The number of aryl methyl sites for hydroxylation is 3. The second-order valence-electron chi connectivity index (χ2n) is 5.55. The van der Waals surface area contributed by atoms with Crippen LogP contribution in [0.4, 0.5) is 5.69 Å². The second-order valence-corrected chi connectivity index (χ2v) is 5.55. The molecule has 0 fully saturated rings. The zero-order valence-corrected chi connectivity index (χ0v) is 13.8. The number of carbonyl (C=O) groups excluding carboxylic acids is 1.